The Morgan fingerprint density at radius 3 is 2.90 bits per heavy atom. The smallest absolute Gasteiger partial charge is 0.321 e. The largest absolute Gasteiger partial charge is 0.339 e. The maximum absolute atomic E-state index is 12.7. The zero-order valence-corrected chi connectivity index (χ0v) is 17.4. The van der Waals surface area contributed by atoms with Gasteiger partial charge in [0.25, 0.3) is 0 Å². The van der Waals surface area contributed by atoms with Crippen molar-refractivity contribution in [2.75, 3.05) is 18.4 Å². The van der Waals surface area contributed by atoms with Crippen molar-refractivity contribution in [1.29, 1.82) is 0 Å². The number of hydrogen-bond acceptors (Lipinski definition) is 4. The first-order chi connectivity index (χ1) is 14.0. The van der Waals surface area contributed by atoms with Gasteiger partial charge in [-0.25, -0.2) is 4.79 Å². The molecule has 2 aromatic carbocycles. The van der Waals surface area contributed by atoms with Crippen LogP contribution in [0.4, 0.5) is 10.5 Å². The van der Waals surface area contributed by atoms with Gasteiger partial charge in [-0.05, 0) is 44.0 Å². The van der Waals surface area contributed by atoms with Crippen LogP contribution in [0.25, 0.3) is 11.4 Å². The highest BCUT2D eigenvalue weighted by Crippen LogP contribution is 2.29. The molecule has 1 aromatic heterocycles. The molecule has 1 fully saturated rings. The number of nitrogens with zero attached hydrogens (tertiary/aromatic N) is 3. The van der Waals surface area contributed by atoms with Gasteiger partial charge in [-0.3, -0.25) is 0 Å². The second-order valence-corrected chi connectivity index (χ2v) is 8.01. The number of hydrogen-bond donors (Lipinski definition) is 1. The van der Waals surface area contributed by atoms with Crippen molar-refractivity contribution < 1.29 is 9.32 Å². The zero-order chi connectivity index (χ0) is 20.4. The molecular weight excluding hydrogens is 411 g/mol. The summed E-state index contributed by atoms with van der Waals surface area (Å²) in [7, 11) is 0. The molecule has 8 heteroatoms. The van der Waals surface area contributed by atoms with Crippen LogP contribution in [-0.2, 0) is 0 Å². The highest BCUT2D eigenvalue weighted by atomic mass is 35.5. The number of carbonyl (C=O) groups excluding carboxylic acids is 1. The molecule has 0 spiro atoms. The fourth-order valence-corrected chi connectivity index (χ4v) is 3.91. The number of aromatic nitrogens is 2. The first-order valence-corrected chi connectivity index (χ1v) is 10.2. The third-order valence-electron chi connectivity index (χ3n) is 4.95. The number of amides is 2. The predicted molar refractivity (Wildman–Crippen MR) is 113 cm³/mol. The highest BCUT2D eigenvalue weighted by molar-refractivity contribution is 6.36. The number of nitrogens with one attached hydrogen (secondary N) is 1. The predicted octanol–water partition coefficient (Wildman–Crippen LogP) is 5.76. The zero-order valence-electron chi connectivity index (χ0n) is 15.9. The number of halogens is 2. The lowest BCUT2D eigenvalue weighted by atomic mass is 9.98. The summed E-state index contributed by atoms with van der Waals surface area (Å²) in [5.74, 6) is 1.13. The molecule has 4 rings (SSSR count). The third kappa shape index (κ3) is 4.54. The second kappa shape index (κ2) is 8.43. The average molecular weight is 431 g/mol. The van der Waals surface area contributed by atoms with E-state index in [0.29, 0.717) is 40.5 Å². The van der Waals surface area contributed by atoms with Crippen molar-refractivity contribution in [1.82, 2.24) is 15.0 Å². The Bertz CT molecular complexity index is 1040. The molecule has 0 radical (unpaired) electrons. The summed E-state index contributed by atoms with van der Waals surface area (Å²) < 4.78 is 5.52. The van der Waals surface area contributed by atoms with Crippen LogP contribution in [0.5, 0.6) is 0 Å². The third-order valence-corrected chi connectivity index (χ3v) is 5.50. The van der Waals surface area contributed by atoms with E-state index in [4.69, 9.17) is 27.7 Å². The SMILES string of the molecule is Cc1cccc(-c2noc(C3CCCN(C(=O)Nc4ccc(Cl)cc4Cl)C3)n2)c1. The highest BCUT2D eigenvalue weighted by Gasteiger charge is 2.29. The number of rotatable bonds is 3. The maximum Gasteiger partial charge on any atom is 0.321 e. The summed E-state index contributed by atoms with van der Waals surface area (Å²) in [5.41, 5.74) is 2.58. The van der Waals surface area contributed by atoms with Gasteiger partial charge >= 0.3 is 6.03 Å². The van der Waals surface area contributed by atoms with Gasteiger partial charge in [0.2, 0.25) is 11.7 Å². The molecular formula is C21H20Cl2N4O2. The monoisotopic (exact) mass is 430 g/mol. The number of benzene rings is 2. The first-order valence-electron chi connectivity index (χ1n) is 9.41. The number of urea groups is 1. The Morgan fingerprint density at radius 1 is 1.24 bits per heavy atom. The summed E-state index contributed by atoms with van der Waals surface area (Å²) >= 11 is 12.1. The molecule has 1 aliphatic rings. The topological polar surface area (TPSA) is 71.3 Å². The van der Waals surface area contributed by atoms with E-state index in [9.17, 15) is 4.79 Å². The van der Waals surface area contributed by atoms with Crippen LogP contribution in [0.1, 0.15) is 30.2 Å². The summed E-state index contributed by atoms with van der Waals surface area (Å²) in [6.45, 7) is 3.19. The number of piperidine rings is 1. The van der Waals surface area contributed by atoms with Crippen molar-refractivity contribution in [2.24, 2.45) is 0 Å². The normalized spacial score (nSPS) is 16.7. The molecule has 1 N–H and O–H groups in total. The molecule has 1 unspecified atom stereocenters. The van der Waals surface area contributed by atoms with Gasteiger partial charge in [-0.15, -0.1) is 0 Å². The van der Waals surface area contributed by atoms with Crippen LogP contribution in [0, 0.1) is 6.92 Å². The molecule has 3 aromatic rings. The number of carbonyl (C=O) groups is 1. The quantitative estimate of drug-likeness (QED) is 0.572. The molecule has 2 heterocycles. The van der Waals surface area contributed by atoms with E-state index in [1.165, 1.54) is 0 Å². The molecule has 1 saturated heterocycles. The molecule has 1 atom stereocenters. The fraction of sp³-hybridized carbons (Fsp3) is 0.286. The van der Waals surface area contributed by atoms with Crippen molar-refractivity contribution in [2.45, 2.75) is 25.7 Å². The van der Waals surface area contributed by atoms with Gasteiger partial charge in [0.1, 0.15) is 0 Å². The van der Waals surface area contributed by atoms with E-state index in [0.717, 1.165) is 24.0 Å². The standard InChI is InChI=1S/C21H20Cl2N4O2/c1-13-4-2-5-14(10-13)19-25-20(29-26-19)15-6-3-9-27(12-15)21(28)24-18-8-7-16(22)11-17(18)23/h2,4-5,7-8,10-11,15H,3,6,9,12H2,1H3,(H,24,28). The van der Waals surface area contributed by atoms with E-state index in [2.05, 4.69) is 15.5 Å². The van der Waals surface area contributed by atoms with Gasteiger partial charge in [-0.2, -0.15) is 4.98 Å². The lowest BCUT2D eigenvalue weighted by Gasteiger charge is -2.31. The van der Waals surface area contributed by atoms with Gasteiger partial charge in [0.05, 0.1) is 16.6 Å². The van der Waals surface area contributed by atoms with E-state index in [1.807, 2.05) is 31.2 Å². The summed E-state index contributed by atoms with van der Waals surface area (Å²) in [6, 6.07) is 12.7. The Labute approximate surface area is 178 Å². The molecule has 29 heavy (non-hydrogen) atoms. The van der Waals surface area contributed by atoms with E-state index in [-0.39, 0.29) is 11.9 Å². The summed E-state index contributed by atoms with van der Waals surface area (Å²) in [6.07, 6.45) is 1.75. The van der Waals surface area contributed by atoms with E-state index < -0.39 is 0 Å². The lowest BCUT2D eigenvalue weighted by molar-refractivity contribution is 0.184. The van der Waals surface area contributed by atoms with E-state index in [1.54, 1.807) is 23.1 Å². The summed E-state index contributed by atoms with van der Waals surface area (Å²) in [5, 5.41) is 7.89. The van der Waals surface area contributed by atoms with Crippen LogP contribution in [0.2, 0.25) is 10.0 Å². The molecule has 150 valence electrons. The first kappa shape index (κ1) is 19.7. The fourth-order valence-electron chi connectivity index (χ4n) is 3.45. The van der Waals surface area contributed by atoms with Crippen LogP contribution < -0.4 is 5.32 Å². The Morgan fingerprint density at radius 2 is 2.10 bits per heavy atom. The van der Waals surface area contributed by atoms with Crippen molar-refractivity contribution in [3.8, 4) is 11.4 Å². The minimum atomic E-state index is -0.211. The van der Waals surface area contributed by atoms with Gasteiger partial charge in [-0.1, -0.05) is 52.1 Å². The maximum atomic E-state index is 12.7. The number of likely N-dealkylation sites (tertiary alicyclic amines) is 1. The average Bonchev–Trinajstić information content (AvgIpc) is 3.20. The number of anilines is 1. The minimum absolute atomic E-state index is 0.00116. The van der Waals surface area contributed by atoms with Gasteiger partial charge in [0, 0.05) is 23.7 Å². The van der Waals surface area contributed by atoms with Gasteiger partial charge < -0.3 is 14.7 Å². The molecule has 0 saturated carbocycles. The molecule has 1 aliphatic heterocycles. The van der Waals surface area contributed by atoms with Crippen molar-refractivity contribution in [3.05, 3.63) is 64.0 Å². The van der Waals surface area contributed by atoms with Crippen LogP contribution >= 0.6 is 23.2 Å². The Hall–Kier alpha value is -2.57. The second-order valence-electron chi connectivity index (χ2n) is 7.17. The van der Waals surface area contributed by atoms with Gasteiger partial charge in [0.15, 0.2) is 0 Å². The Kier molecular flexibility index (Phi) is 5.74. The van der Waals surface area contributed by atoms with E-state index >= 15 is 0 Å². The molecule has 0 bridgehead atoms. The van der Waals surface area contributed by atoms with Crippen molar-refractivity contribution in [3.63, 3.8) is 0 Å². The molecule has 0 aliphatic carbocycles. The minimum Gasteiger partial charge on any atom is -0.339 e. The molecule has 6 nitrogen and oxygen atoms in total. The van der Waals surface area contributed by atoms with Crippen LogP contribution in [0.3, 0.4) is 0 Å². The van der Waals surface area contributed by atoms with Crippen LogP contribution in [-0.4, -0.2) is 34.2 Å². The molecule has 2 amide bonds. The van der Waals surface area contributed by atoms with Crippen LogP contribution in [0.15, 0.2) is 47.0 Å². The number of aryl methyl sites for hydroxylation is 1. The Balaban J connectivity index is 1.45. The van der Waals surface area contributed by atoms with Crippen molar-refractivity contribution >= 4 is 34.9 Å². The lowest BCUT2D eigenvalue weighted by Crippen LogP contribution is -2.41. The summed E-state index contributed by atoms with van der Waals surface area (Å²) in [4.78, 5) is 19.0.